The Balaban J connectivity index is 2.32. The van der Waals surface area contributed by atoms with Crippen LogP contribution in [0.15, 0.2) is 37.1 Å². The first-order chi connectivity index (χ1) is 7.26. The van der Waals surface area contributed by atoms with Crippen LogP contribution < -0.4 is 0 Å². The molecule has 1 fully saturated rings. The third-order valence-electron chi connectivity index (χ3n) is 2.26. The van der Waals surface area contributed by atoms with Gasteiger partial charge in [0.25, 0.3) is 0 Å². The maximum atomic E-state index is 5.57. The van der Waals surface area contributed by atoms with Crippen LogP contribution in [0.5, 0.6) is 0 Å². The molecule has 0 amide bonds. The van der Waals surface area contributed by atoms with Gasteiger partial charge in [-0.05, 0) is 19.2 Å². The van der Waals surface area contributed by atoms with Crippen molar-refractivity contribution in [2.45, 2.75) is 6.10 Å². The second-order valence-corrected chi connectivity index (χ2v) is 3.57. The van der Waals surface area contributed by atoms with Gasteiger partial charge in [-0.15, -0.1) is 0 Å². The molecule has 1 atom stereocenters. The van der Waals surface area contributed by atoms with Gasteiger partial charge < -0.3 is 14.4 Å². The number of hydrogen-bond acceptors (Lipinski definition) is 3. The van der Waals surface area contributed by atoms with Crippen molar-refractivity contribution in [3.63, 3.8) is 0 Å². The van der Waals surface area contributed by atoms with Crippen molar-refractivity contribution in [1.82, 2.24) is 4.90 Å². The first-order valence-electron chi connectivity index (χ1n) is 5.14. The maximum absolute atomic E-state index is 5.57. The van der Waals surface area contributed by atoms with Gasteiger partial charge in [0.05, 0.1) is 6.61 Å². The van der Waals surface area contributed by atoms with E-state index in [1.54, 1.807) is 18.2 Å². The quantitative estimate of drug-likeness (QED) is 0.507. The zero-order chi connectivity index (χ0) is 11.1. The van der Waals surface area contributed by atoms with Gasteiger partial charge in [-0.25, -0.2) is 0 Å². The van der Waals surface area contributed by atoms with Crippen molar-refractivity contribution in [3.8, 4) is 0 Å². The van der Waals surface area contributed by atoms with E-state index in [0.717, 1.165) is 25.5 Å². The standard InChI is InChI=1S/C12H19NO2/c1-4-6-11(5-2)15-10-12-9-13(3)7-8-14-12/h4-6,12H,1-2,7-10H2,3H3/b11-6+. The predicted molar refractivity (Wildman–Crippen MR) is 61.7 cm³/mol. The number of rotatable bonds is 5. The number of hydrogen-bond donors (Lipinski definition) is 0. The molecule has 0 bridgehead atoms. The summed E-state index contributed by atoms with van der Waals surface area (Å²) < 4.78 is 11.1. The van der Waals surface area contributed by atoms with E-state index in [0.29, 0.717) is 6.61 Å². The molecule has 0 aromatic heterocycles. The minimum Gasteiger partial charge on any atom is -0.491 e. The predicted octanol–water partition coefficient (Wildman–Crippen LogP) is 1.59. The van der Waals surface area contributed by atoms with Gasteiger partial charge in [-0.2, -0.15) is 0 Å². The molecule has 1 heterocycles. The molecule has 1 aliphatic rings. The highest BCUT2D eigenvalue weighted by atomic mass is 16.5. The number of morpholine rings is 1. The molecule has 3 nitrogen and oxygen atoms in total. The number of nitrogens with zero attached hydrogens (tertiary/aromatic N) is 1. The van der Waals surface area contributed by atoms with Gasteiger partial charge in [0.1, 0.15) is 18.5 Å². The van der Waals surface area contributed by atoms with Crippen LogP contribution in [-0.2, 0) is 9.47 Å². The fourth-order valence-corrected chi connectivity index (χ4v) is 1.45. The van der Waals surface area contributed by atoms with E-state index in [4.69, 9.17) is 9.47 Å². The molecule has 1 unspecified atom stereocenters. The molecule has 0 saturated carbocycles. The van der Waals surface area contributed by atoms with Gasteiger partial charge in [0.2, 0.25) is 0 Å². The van der Waals surface area contributed by atoms with Crippen molar-refractivity contribution in [1.29, 1.82) is 0 Å². The molecule has 0 aromatic rings. The summed E-state index contributed by atoms with van der Waals surface area (Å²) >= 11 is 0. The first kappa shape index (κ1) is 12.0. The Hall–Kier alpha value is -1.06. The van der Waals surface area contributed by atoms with E-state index in [1.807, 2.05) is 0 Å². The minimum atomic E-state index is 0.150. The molecule has 0 spiro atoms. The Morgan fingerprint density at radius 1 is 1.60 bits per heavy atom. The summed E-state index contributed by atoms with van der Waals surface area (Å²) in [5, 5.41) is 0. The summed E-state index contributed by atoms with van der Waals surface area (Å²) in [6.45, 7) is 10.5. The Kier molecular flexibility index (Phi) is 5.15. The fraction of sp³-hybridized carbons (Fsp3) is 0.500. The van der Waals surface area contributed by atoms with Crippen LogP contribution in [0.4, 0.5) is 0 Å². The lowest BCUT2D eigenvalue weighted by molar-refractivity contribution is -0.0505. The van der Waals surface area contributed by atoms with Crippen molar-refractivity contribution < 1.29 is 9.47 Å². The molecular weight excluding hydrogens is 190 g/mol. The lowest BCUT2D eigenvalue weighted by atomic mass is 10.3. The molecule has 15 heavy (non-hydrogen) atoms. The monoisotopic (exact) mass is 209 g/mol. The average Bonchev–Trinajstić information content (AvgIpc) is 2.24. The van der Waals surface area contributed by atoms with Gasteiger partial charge in [0.15, 0.2) is 0 Å². The van der Waals surface area contributed by atoms with Crippen LogP contribution in [0.2, 0.25) is 0 Å². The van der Waals surface area contributed by atoms with E-state index in [2.05, 4.69) is 25.1 Å². The first-order valence-corrected chi connectivity index (χ1v) is 5.14. The summed E-state index contributed by atoms with van der Waals surface area (Å²) in [5.41, 5.74) is 0. The second kappa shape index (κ2) is 6.43. The van der Waals surface area contributed by atoms with Crippen LogP contribution in [0.3, 0.4) is 0 Å². The van der Waals surface area contributed by atoms with Crippen molar-refractivity contribution >= 4 is 0 Å². The topological polar surface area (TPSA) is 21.7 Å². The second-order valence-electron chi connectivity index (χ2n) is 3.57. The highest BCUT2D eigenvalue weighted by molar-refractivity contribution is 5.14. The zero-order valence-corrected chi connectivity index (χ0v) is 9.32. The van der Waals surface area contributed by atoms with Gasteiger partial charge >= 0.3 is 0 Å². The molecule has 0 radical (unpaired) electrons. The largest absolute Gasteiger partial charge is 0.491 e. The van der Waals surface area contributed by atoms with Crippen LogP contribution in [-0.4, -0.2) is 44.4 Å². The smallest absolute Gasteiger partial charge is 0.118 e. The molecule has 0 aromatic carbocycles. The Morgan fingerprint density at radius 3 is 3.00 bits per heavy atom. The Bertz CT molecular complexity index is 248. The summed E-state index contributed by atoms with van der Waals surface area (Å²) in [7, 11) is 2.09. The van der Waals surface area contributed by atoms with Crippen LogP contribution in [0.1, 0.15) is 0 Å². The Labute approximate surface area is 91.7 Å². The molecule has 1 saturated heterocycles. The zero-order valence-electron chi connectivity index (χ0n) is 9.32. The van der Waals surface area contributed by atoms with Gasteiger partial charge in [0, 0.05) is 13.1 Å². The highest BCUT2D eigenvalue weighted by Gasteiger charge is 2.17. The molecule has 0 N–H and O–H groups in total. The lowest BCUT2D eigenvalue weighted by Crippen LogP contribution is -2.42. The number of ether oxygens (including phenoxy) is 2. The molecule has 3 heteroatoms. The summed E-state index contributed by atoms with van der Waals surface area (Å²) in [4.78, 5) is 2.24. The average molecular weight is 209 g/mol. The van der Waals surface area contributed by atoms with E-state index < -0.39 is 0 Å². The van der Waals surface area contributed by atoms with Crippen LogP contribution in [0.25, 0.3) is 0 Å². The summed E-state index contributed by atoms with van der Waals surface area (Å²) in [6.07, 6.45) is 5.30. The minimum absolute atomic E-state index is 0.150. The fourth-order valence-electron chi connectivity index (χ4n) is 1.45. The summed E-state index contributed by atoms with van der Waals surface area (Å²) in [5.74, 6) is 0.738. The maximum Gasteiger partial charge on any atom is 0.118 e. The highest BCUT2D eigenvalue weighted by Crippen LogP contribution is 2.06. The number of likely N-dealkylation sites (N-methyl/N-ethyl adjacent to an activating group) is 1. The van der Waals surface area contributed by atoms with E-state index in [-0.39, 0.29) is 6.10 Å². The van der Waals surface area contributed by atoms with Crippen LogP contribution in [0, 0.1) is 0 Å². The normalized spacial score (nSPS) is 23.5. The molecule has 1 aliphatic heterocycles. The van der Waals surface area contributed by atoms with E-state index in [1.165, 1.54) is 0 Å². The third kappa shape index (κ3) is 4.32. The van der Waals surface area contributed by atoms with Crippen molar-refractivity contribution in [3.05, 3.63) is 37.1 Å². The molecule has 84 valence electrons. The number of allylic oxidation sites excluding steroid dienone is 3. The molecule has 0 aliphatic carbocycles. The van der Waals surface area contributed by atoms with Crippen LogP contribution >= 0.6 is 0 Å². The lowest BCUT2D eigenvalue weighted by Gasteiger charge is -2.29. The van der Waals surface area contributed by atoms with Crippen molar-refractivity contribution in [2.75, 3.05) is 33.4 Å². The summed E-state index contributed by atoms with van der Waals surface area (Å²) in [6, 6.07) is 0. The van der Waals surface area contributed by atoms with Gasteiger partial charge in [-0.1, -0.05) is 19.2 Å². The van der Waals surface area contributed by atoms with Crippen molar-refractivity contribution in [2.24, 2.45) is 0 Å². The van der Waals surface area contributed by atoms with E-state index in [9.17, 15) is 0 Å². The molecule has 1 rings (SSSR count). The SMILES string of the molecule is C=C/C=C(\C=C)OCC1CN(C)CCO1. The van der Waals surface area contributed by atoms with E-state index >= 15 is 0 Å². The van der Waals surface area contributed by atoms with Gasteiger partial charge in [-0.3, -0.25) is 0 Å². The molecular formula is C12H19NO2. The Morgan fingerprint density at radius 2 is 2.40 bits per heavy atom. The third-order valence-corrected chi connectivity index (χ3v) is 2.26.